The number of nitrogens with one attached hydrogen (secondary N) is 2. The third-order valence-electron chi connectivity index (χ3n) is 4.37. The van der Waals surface area contributed by atoms with Crippen LogP contribution in [0.5, 0.6) is 0 Å². The Morgan fingerprint density at radius 1 is 1.16 bits per heavy atom. The van der Waals surface area contributed by atoms with Gasteiger partial charge in [0.05, 0.1) is 0 Å². The van der Waals surface area contributed by atoms with Gasteiger partial charge in [-0.05, 0) is 24.5 Å². The average molecular weight is 342 g/mol. The predicted octanol–water partition coefficient (Wildman–Crippen LogP) is 2.41. The van der Waals surface area contributed by atoms with Crippen LogP contribution in [0.3, 0.4) is 0 Å². The Morgan fingerprint density at radius 3 is 2.44 bits per heavy atom. The summed E-state index contributed by atoms with van der Waals surface area (Å²) in [6.07, 6.45) is 2.76. The van der Waals surface area contributed by atoms with Crippen LogP contribution in [-0.2, 0) is 25.4 Å². The first-order chi connectivity index (χ1) is 12.0. The van der Waals surface area contributed by atoms with Gasteiger partial charge in [0.1, 0.15) is 12.9 Å². The zero-order chi connectivity index (χ0) is 18.3. The largest absolute Gasteiger partial charge is 0.357 e. The van der Waals surface area contributed by atoms with Gasteiger partial charge in [-0.15, -0.1) is 10.2 Å². The molecule has 136 valence electrons. The van der Waals surface area contributed by atoms with Gasteiger partial charge in [-0.25, -0.2) is 4.99 Å². The first kappa shape index (κ1) is 19.0. The van der Waals surface area contributed by atoms with Crippen molar-refractivity contribution >= 4 is 5.96 Å². The zero-order valence-electron chi connectivity index (χ0n) is 16.0. The topological polar surface area (TPSA) is 67.1 Å². The maximum absolute atomic E-state index is 4.61. The highest BCUT2D eigenvalue weighted by molar-refractivity contribution is 5.79. The highest BCUT2D eigenvalue weighted by Crippen LogP contribution is 2.22. The fourth-order valence-corrected chi connectivity index (χ4v) is 2.54. The minimum absolute atomic E-state index is 0.00718. The van der Waals surface area contributed by atoms with Crippen molar-refractivity contribution in [1.29, 1.82) is 0 Å². The summed E-state index contributed by atoms with van der Waals surface area (Å²) < 4.78 is 1.88. The summed E-state index contributed by atoms with van der Waals surface area (Å²) in [5, 5.41) is 14.7. The number of hydrogen-bond acceptors (Lipinski definition) is 3. The van der Waals surface area contributed by atoms with Gasteiger partial charge in [0.25, 0.3) is 0 Å². The Labute approximate surface area is 150 Å². The van der Waals surface area contributed by atoms with E-state index in [1.54, 1.807) is 6.33 Å². The molecule has 0 atom stereocenters. The summed E-state index contributed by atoms with van der Waals surface area (Å²) >= 11 is 0. The Hall–Kier alpha value is -2.37. The SMILES string of the molecule is CCNC(=NCc1nncn1C)NCC(C)(C)c1ccc(CC)cc1. The van der Waals surface area contributed by atoms with Gasteiger partial charge >= 0.3 is 0 Å². The van der Waals surface area contributed by atoms with Crippen molar-refractivity contribution in [1.82, 2.24) is 25.4 Å². The molecular formula is C19H30N6. The fourth-order valence-electron chi connectivity index (χ4n) is 2.54. The molecule has 0 aliphatic heterocycles. The summed E-state index contributed by atoms with van der Waals surface area (Å²) in [5.74, 6) is 1.63. The van der Waals surface area contributed by atoms with Crippen molar-refractivity contribution in [2.24, 2.45) is 12.0 Å². The lowest BCUT2D eigenvalue weighted by atomic mass is 9.84. The molecule has 0 fully saturated rings. The highest BCUT2D eigenvalue weighted by Gasteiger charge is 2.20. The van der Waals surface area contributed by atoms with Gasteiger partial charge < -0.3 is 15.2 Å². The Bertz CT molecular complexity index is 684. The van der Waals surface area contributed by atoms with Crippen LogP contribution in [0.1, 0.15) is 44.6 Å². The van der Waals surface area contributed by atoms with E-state index in [1.807, 2.05) is 11.6 Å². The molecule has 6 nitrogen and oxygen atoms in total. The van der Waals surface area contributed by atoms with Crippen molar-refractivity contribution in [3.8, 4) is 0 Å². The monoisotopic (exact) mass is 342 g/mol. The molecule has 1 aromatic heterocycles. The number of aryl methyl sites for hydroxylation is 2. The number of nitrogens with zero attached hydrogens (tertiary/aromatic N) is 4. The molecule has 0 unspecified atom stereocenters. The first-order valence-electron chi connectivity index (χ1n) is 8.90. The smallest absolute Gasteiger partial charge is 0.191 e. The standard InChI is InChI=1S/C19H30N6/c1-6-15-8-10-16(11-9-15)19(3,4)13-22-18(20-7-2)21-12-17-24-23-14-25(17)5/h8-11,14H,6-7,12-13H2,1-5H3,(H2,20,21,22). The van der Waals surface area contributed by atoms with E-state index in [-0.39, 0.29) is 5.41 Å². The van der Waals surface area contributed by atoms with Crippen LogP contribution in [0.4, 0.5) is 0 Å². The zero-order valence-corrected chi connectivity index (χ0v) is 16.0. The molecule has 2 rings (SSSR count). The molecule has 0 radical (unpaired) electrons. The molecule has 0 aliphatic carbocycles. The normalized spacial score (nSPS) is 12.3. The summed E-state index contributed by atoms with van der Waals surface area (Å²) in [6.45, 7) is 10.8. The summed E-state index contributed by atoms with van der Waals surface area (Å²) in [4.78, 5) is 4.61. The Morgan fingerprint density at radius 2 is 1.88 bits per heavy atom. The molecule has 0 saturated heterocycles. The van der Waals surface area contributed by atoms with Gasteiger partial charge in [0.15, 0.2) is 11.8 Å². The van der Waals surface area contributed by atoms with Gasteiger partial charge in [0, 0.05) is 25.6 Å². The van der Waals surface area contributed by atoms with Crippen molar-refractivity contribution in [3.63, 3.8) is 0 Å². The minimum Gasteiger partial charge on any atom is -0.357 e. The molecule has 6 heteroatoms. The molecule has 1 heterocycles. The van der Waals surface area contributed by atoms with Crippen LogP contribution >= 0.6 is 0 Å². The van der Waals surface area contributed by atoms with Crippen molar-refractivity contribution in [2.45, 2.75) is 46.1 Å². The summed E-state index contributed by atoms with van der Waals surface area (Å²) in [7, 11) is 1.92. The molecule has 0 saturated carbocycles. The lowest BCUT2D eigenvalue weighted by molar-refractivity contribution is 0.508. The quantitative estimate of drug-likeness (QED) is 0.599. The van der Waals surface area contributed by atoms with E-state index in [2.05, 4.69) is 77.8 Å². The van der Waals surface area contributed by atoms with E-state index < -0.39 is 0 Å². The third-order valence-corrected chi connectivity index (χ3v) is 4.37. The average Bonchev–Trinajstić information content (AvgIpc) is 3.02. The lowest BCUT2D eigenvalue weighted by Gasteiger charge is -2.27. The molecule has 0 spiro atoms. The molecule has 0 aliphatic rings. The van der Waals surface area contributed by atoms with Gasteiger partial charge in [-0.2, -0.15) is 0 Å². The summed E-state index contributed by atoms with van der Waals surface area (Å²) in [6, 6.07) is 8.88. The van der Waals surface area contributed by atoms with Crippen molar-refractivity contribution < 1.29 is 0 Å². The molecule has 2 N–H and O–H groups in total. The maximum Gasteiger partial charge on any atom is 0.191 e. The number of hydrogen-bond donors (Lipinski definition) is 2. The van der Waals surface area contributed by atoms with Gasteiger partial charge in [-0.3, -0.25) is 0 Å². The van der Waals surface area contributed by atoms with Crippen LogP contribution in [0.15, 0.2) is 35.6 Å². The van der Waals surface area contributed by atoms with E-state index >= 15 is 0 Å². The summed E-state index contributed by atoms with van der Waals surface area (Å²) in [5.41, 5.74) is 2.69. The third kappa shape index (κ3) is 5.31. The molecule has 2 aromatic rings. The fraction of sp³-hybridized carbons (Fsp3) is 0.526. The first-order valence-corrected chi connectivity index (χ1v) is 8.90. The van der Waals surface area contributed by atoms with Crippen LogP contribution in [0, 0.1) is 0 Å². The van der Waals surface area contributed by atoms with Crippen LogP contribution < -0.4 is 10.6 Å². The van der Waals surface area contributed by atoms with E-state index in [1.165, 1.54) is 11.1 Å². The number of rotatable bonds is 7. The Kier molecular flexibility index (Phi) is 6.56. The van der Waals surface area contributed by atoms with E-state index in [0.717, 1.165) is 31.3 Å². The van der Waals surface area contributed by atoms with Crippen molar-refractivity contribution in [2.75, 3.05) is 13.1 Å². The minimum atomic E-state index is 0.00718. The predicted molar refractivity (Wildman–Crippen MR) is 103 cm³/mol. The molecule has 0 amide bonds. The number of aliphatic imine (C=N–C) groups is 1. The number of benzene rings is 1. The molecule has 1 aromatic carbocycles. The highest BCUT2D eigenvalue weighted by atomic mass is 15.3. The molecule has 0 bridgehead atoms. The lowest BCUT2D eigenvalue weighted by Crippen LogP contribution is -2.43. The Balaban J connectivity index is 2.01. The van der Waals surface area contributed by atoms with Gasteiger partial charge in [-0.1, -0.05) is 45.0 Å². The maximum atomic E-state index is 4.61. The van der Waals surface area contributed by atoms with Crippen LogP contribution in [-0.4, -0.2) is 33.8 Å². The second-order valence-electron chi connectivity index (χ2n) is 6.84. The second kappa shape index (κ2) is 8.65. The van der Waals surface area contributed by atoms with Crippen molar-refractivity contribution in [3.05, 3.63) is 47.5 Å². The number of aromatic nitrogens is 3. The van der Waals surface area contributed by atoms with Crippen LogP contribution in [0.25, 0.3) is 0 Å². The van der Waals surface area contributed by atoms with E-state index in [9.17, 15) is 0 Å². The second-order valence-corrected chi connectivity index (χ2v) is 6.84. The molecular weight excluding hydrogens is 312 g/mol. The van der Waals surface area contributed by atoms with E-state index in [4.69, 9.17) is 0 Å². The van der Waals surface area contributed by atoms with Crippen LogP contribution in [0.2, 0.25) is 0 Å². The number of guanidine groups is 1. The van der Waals surface area contributed by atoms with E-state index in [0.29, 0.717) is 6.54 Å². The molecule has 25 heavy (non-hydrogen) atoms. The van der Waals surface area contributed by atoms with Gasteiger partial charge in [0.2, 0.25) is 0 Å².